The Balaban J connectivity index is 3.04. The quantitative estimate of drug-likeness (QED) is 0.483. The van der Waals surface area contributed by atoms with Crippen LogP contribution in [0.15, 0.2) is 17.7 Å². The molecule has 0 aromatic carbocycles. The van der Waals surface area contributed by atoms with Gasteiger partial charge in [-0.1, -0.05) is 6.07 Å². The highest BCUT2D eigenvalue weighted by molar-refractivity contribution is 7.46. The smallest absolute Gasteiger partial charge is 0.0258 e. The van der Waals surface area contributed by atoms with E-state index in [4.69, 9.17) is 0 Å². The topological polar surface area (TPSA) is 0 Å². The summed E-state index contributed by atoms with van der Waals surface area (Å²) in [5.41, 5.74) is 1.42. The molecule has 1 rings (SSSR count). The summed E-state index contributed by atoms with van der Waals surface area (Å²) in [5, 5.41) is 0. The van der Waals surface area contributed by atoms with Gasteiger partial charge in [-0.3, -0.25) is 0 Å². The number of hydrogen-bond acceptors (Lipinski definition) is 0. The van der Waals surface area contributed by atoms with Crippen LogP contribution in [0, 0.1) is 6.92 Å². The molecule has 7 heavy (non-hydrogen) atoms. The predicted octanol–water partition coefficient (Wildman–Crippen LogP) is 2.52. The Morgan fingerprint density at radius 1 is 1.57 bits per heavy atom. The molecule has 0 aliphatic rings. The second-order valence-corrected chi connectivity index (χ2v) is 3.74. The maximum atomic E-state index is 2.31. The zero-order valence-corrected chi connectivity index (χ0v) is 5.57. The number of aryl methyl sites for hydroxylation is 2. The second kappa shape index (κ2) is 1.71. The molecule has 1 aromatic rings. The van der Waals surface area contributed by atoms with Gasteiger partial charge >= 0.3 is 0 Å². The monoisotopic (exact) mass is 112 g/mol. The van der Waals surface area contributed by atoms with Crippen molar-refractivity contribution in [2.45, 2.75) is 6.92 Å². The molecule has 0 nitrogen and oxygen atoms in total. The molecule has 0 aliphatic heterocycles. The molecule has 0 aliphatic carbocycles. The van der Waals surface area contributed by atoms with E-state index in [1.807, 2.05) is 0 Å². The average molecular weight is 112 g/mol. The molecule has 0 N–H and O–H groups in total. The highest BCUT2D eigenvalue weighted by Crippen LogP contribution is 2.23. The highest BCUT2D eigenvalue weighted by Gasteiger charge is 1.82. The summed E-state index contributed by atoms with van der Waals surface area (Å²) in [6.45, 7) is 4.39. The van der Waals surface area contributed by atoms with E-state index in [0.29, 0.717) is 0 Å². The van der Waals surface area contributed by atoms with Crippen LogP contribution in [-0.2, 0) is 6.66 Å². The van der Waals surface area contributed by atoms with E-state index < -0.39 is 0 Å². The first-order valence-electron chi connectivity index (χ1n) is 2.37. The van der Waals surface area contributed by atoms with Gasteiger partial charge in [0.2, 0.25) is 0 Å². The maximum absolute atomic E-state index is 2.31. The van der Waals surface area contributed by atoms with Crippen molar-refractivity contribution in [3.8, 4) is 0 Å². The van der Waals surface area contributed by atoms with E-state index in [9.17, 15) is 0 Å². The zero-order valence-electron chi connectivity index (χ0n) is 4.68. The first-order chi connectivity index (χ1) is 3.29. The van der Waals surface area contributed by atoms with Crippen LogP contribution in [-0.4, -0.2) is 0 Å². The Hall–Kier alpha value is -0.220. The van der Waals surface area contributed by atoms with Crippen LogP contribution in [0.5, 0.6) is 0 Å². The lowest BCUT2D eigenvalue weighted by atomic mass is 10.4. The average Bonchev–Trinajstić information content (AvgIpc) is 1.87. The Morgan fingerprint density at radius 2 is 2.29 bits per heavy atom. The maximum Gasteiger partial charge on any atom is -0.0258 e. The molecule has 0 bridgehead atoms. The lowest BCUT2D eigenvalue weighted by molar-refractivity contribution is 1.56. The van der Waals surface area contributed by atoms with Crippen molar-refractivity contribution in [3.05, 3.63) is 23.2 Å². The van der Waals surface area contributed by atoms with E-state index in [2.05, 4.69) is 31.3 Å². The van der Waals surface area contributed by atoms with Gasteiger partial charge in [0.25, 0.3) is 0 Å². The molecule has 0 saturated heterocycles. The fraction of sp³-hybridized carbons (Fsp3) is 0.333. The van der Waals surface area contributed by atoms with Gasteiger partial charge in [-0.25, -0.2) is 0 Å². The van der Waals surface area contributed by atoms with Crippen molar-refractivity contribution in [2.75, 3.05) is 0 Å². The van der Waals surface area contributed by atoms with Crippen LogP contribution in [0.25, 0.3) is 0 Å². The predicted molar refractivity (Wildman–Crippen MR) is 34.9 cm³/mol. The second-order valence-electron chi connectivity index (χ2n) is 1.85. The normalized spacial score (nSPS) is 12.0. The van der Waals surface area contributed by atoms with Crippen molar-refractivity contribution in [1.82, 2.24) is 0 Å². The van der Waals surface area contributed by atoms with Crippen LogP contribution in [0.1, 0.15) is 5.56 Å². The molecule has 1 heteroatoms. The van der Waals surface area contributed by atoms with E-state index in [0.717, 1.165) is 0 Å². The lowest BCUT2D eigenvalue weighted by Crippen LogP contribution is -1.48. The van der Waals surface area contributed by atoms with Crippen molar-refractivity contribution in [3.63, 3.8) is 0 Å². The highest BCUT2D eigenvalue weighted by atomic mass is 31.1. The summed E-state index contributed by atoms with van der Waals surface area (Å²) in [4.78, 5) is 0. The Labute approximate surface area is 45.2 Å². The summed E-state index contributed by atoms with van der Waals surface area (Å²) in [6, 6.07) is 2.19. The molecule has 0 spiro atoms. The molecule has 0 fully saturated rings. The van der Waals surface area contributed by atoms with Crippen molar-refractivity contribution < 1.29 is 0 Å². The van der Waals surface area contributed by atoms with Crippen LogP contribution >= 0.6 is 7.53 Å². The molecule has 38 valence electrons. The Morgan fingerprint density at radius 3 is 2.43 bits per heavy atom. The third kappa shape index (κ3) is 1.07. The minimum Gasteiger partial charge on any atom is -0.128 e. The summed E-state index contributed by atoms with van der Waals surface area (Å²) >= 11 is 0. The van der Waals surface area contributed by atoms with Crippen LogP contribution in [0.2, 0.25) is 0 Å². The van der Waals surface area contributed by atoms with Gasteiger partial charge in [-0.15, -0.1) is 7.53 Å². The molecular formula is C6H9P. The van der Waals surface area contributed by atoms with Crippen molar-refractivity contribution in [2.24, 2.45) is 6.66 Å². The van der Waals surface area contributed by atoms with E-state index in [1.54, 1.807) is 0 Å². The molecular weight excluding hydrogens is 103 g/mol. The van der Waals surface area contributed by atoms with Crippen LogP contribution in [0.4, 0.5) is 0 Å². The van der Waals surface area contributed by atoms with Crippen LogP contribution < -0.4 is 0 Å². The fourth-order valence-electron chi connectivity index (χ4n) is 0.642. The largest absolute Gasteiger partial charge is 0.128 e. The van der Waals surface area contributed by atoms with Crippen molar-refractivity contribution in [1.29, 1.82) is 0 Å². The van der Waals surface area contributed by atoms with Gasteiger partial charge in [0.05, 0.1) is 0 Å². The molecule has 0 radical (unpaired) electrons. The van der Waals surface area contributed by atoms with Gasteiger partial charge in [-0.05, 0) is 30.7 Å². The molecule has 0 saturated carbocycles. The molecule has 1 aromatic heterocycles. The molecule has 1 heterocycles. The third-order valence-electron chi connectivity index (χ3n) is 0.980. The first-order valence-corrected chi connectivity index (χ1v) is 4.30. The summed E-state index contributed by atoms with van der Waals surface area (Å²) in [5.74, 6) is 4.58. The molecule has 1 atom stereocenters. The van der Waals surface area contributed by atoms with Gasteiger partial charge in [0.1, 0.15) is 0 Å². The zero-order chi connectivity index (χ0) is 5.28. The van der Waals surface area contributed by atoms with E-state index in [-0.39, 0.29) is 7.53 Å². The SMILES string of the molecule is Cc1ccp(C)c1. The van der Waals surface area contributed by atoms with E-state index >= 15 is 0 Å². The third-order valence-corrected chi connectivity index (χ3v) is 2.41. The van der Waals surface area contributed by atoms with Gasteiger partial charge in [0, 0.05) is 0 Å². The Bertz CT molecular complexity index is 136. The number of rotatable bonds is 0. The summed E-state index contributed by atoms with van der Waals surface area (Å²) in [7, 11) is 0.153. The minimum atomic E-state index is 0.153. The van der Waals surface area contributed by atoms with Gasteiger partial charge in [-0.2, -0.15) is 0 Å². The molecule has 0 amide bonds. The van der Waals surface area contributed by atoms with E-state index in [1.165, 1.54) is 5.56 Å². The van der Waals surface area contributed by atoms with Crippen molar-refractivity contribution >= 4 is 7.53 Å². The number of hydrogen-bond donors (Lipinski definition) is 0. The van der Waals surface area contributed by atoms with Gasteiger partial charge < -0.3 is 0 Å². The summed E-state index contributed by atoms with van der Waals surface area (Å²) < 4.78 is 0. The molecule has 1 unspecified atom stereocenters. The minimum absolute atomic E-state index is 0.153. The summed E-state index contributed by atoms with van der Waals surface area (Å²) in [6.07, 6.45) is 0. The Kier molecular flexibility index (Phi) is 1.21. The standard InChI is InChI=1S/C6H9P/c1-6-3-4-7(2)5-6/h3-5H,1-2H3. The van der Waals surface area contributed by atoms with Gasteiger partial charge in [0.15, 0.2) is 0 Å². The van der Waals surface area contributed by atoms with Crippen LogP contribution in [0.3, 0.4) is 0 Å². The lowest BCUT2D eigenvalue weighted by Gasteiger charge is -1.73. The first kappa shape index (κ1) is 4.93. The fourth-order valence-corrected chi connectivity index (χ4v) is 1.93.